The second-order valence-corrected chi connectivity index (χ2v) is 4.16. The second-order valence-electron chi connectivity index (χ2n) is 4.16. The number of carbonyl (C=O) groups excluding carboxylic acids is 1. The Labute approximate surface area is 110 Å². The van der Waals surface area contributed by atoms with Crippen molar-refractivity contribution in [3.63, 3.8) is 0 Å². The van der Waals surface area contributed by atoms with Crippen LogP contribution < -0.4 is 0 Å². The van der Waals surface area contributed by atoms with Crippen molar-refractivity contribution in [2.45, 2.75) is 19.9 Å². The van der Waals surface area contributed by atoms with Crippen LogP contribution in [0.4, 0.5) is 0 Å². The van der Waals surface area contributed by atoms with Gasteiger partial charge in [-0.1, -0.05) is 18.2 Å². The van der Waals surface area contributed by atoms with E-state index in [1.165, 1.54) is 0 Å². The molecule has 19 heavy (non-hydrogen) atoms. The average Bonchev–Trinajstić information content (AvgIpc) is 2.67. The van der Waals surface area contributed by atoms with E-state index in [0.717, 1.165) is 10.9 Å². The summed E-state index contributed by atoms with van der Waals surface area (Å²) in [6.07, 6.45) is -0.117. The van der Waals surface area contributed by atoms with E-state index in [-0.39, 0.29) is 18.9 Å². The van der Waals surface area contributed by atoms with E-state index in [1.54, 1.807) is 17.6 Å². The molecule has 0 fully saturated rings. The van der Waals surface area contributed by atoms with Crippen molar-refractivity contribution in [2.24, 2.45) is 0 Å². The number of carboxylic acid groups (broad SMARTS) is 1. The van der Waals surface area contributed by atoms with Gasteiger partial charge in [0.1, 0.15) is 6.54 Å². The Morgan fingerprint density at radius 1 is 1.32 bits per heavy atom. The zero-order valence-electron chi connectivity index (χ0n) is 10.6. The third-order valence-electron chi connectivity index (χ3n) is 2.82. The summed E-state index contributed by atoms with van der Waals surface area (Å²) in [5.41, 5.74) is 1.44. The molecule has 2 aromatic rings. The summed E-state index contributed by atoms with van der Waals surface area (Å²) in [6, 6.07) is 9.28. The maximum absolute atomic E-state index is 11.6. The fourth-order valence-electron chi connectivity index (χ4n) is 2.09. The van der Waals surface area contributed by atoms with Crippen LogP contribution in [0, 0.1) is 0 Å². The molecule has 0 amide bonds. The first-order chi connectivity index (χ1) is 9.11. The van der Waals surface area contributed by atoms with Gasteiger partial charge >= 0.3 is 11.9 Å². The largest absolute Gasteiger partial charge is 0.481 e. The number of hydrogen-bond acceptors (Lipinski definition) is 3. The number of aliphatic carboxylic acids is 1. The quantitative estimate of drug-likeness (QED) is 0.834. The van der Waals surface area contributed by atoms with Gasteiger partial charge in [-0.25, -0.2) is 0 Å². The van der Waals surface area contributed by atoms with E-state index in [0.29, 0.717) is 12.3 Å². The van der Waals surface area contributed by atoms with Crippen molar-refractivity contribution in [1.82, 2.24) is 4.57 Å². The number of carbonyl (C=O) groups is 2. The predicted molar refractivity (Wildman–Crippen MR) is 69.9 cm³/mol. The van der Waals surface area contributed by atoms with E-state index in [9.17, 15) is 9.59 Å². The molecule has 0 radical (unpaired) electrons. The molecule has 5 nitrogen and oxygen atoms in total. The minimum absolute atomic E-state index is 0.0317. The number of rotatable bonds is 5. The Kier molecular flexibility index (Phi) is 3.85. The molecule has 0 saturated carbocycles. The number of aromatic nitrogens is 1. The maximum Gasteiger partial charge on any atom is 0.325 e. The molecule has 100 valence electrons. The highest BCUT2D eigenvalue weighted by Crippen LogP contribution is 2.20. The lowest BCUT2D eigenvalue weighted by molar-refractivity contribution is -0.144. The van der Waals surface area contributed by atoms with Gasteiger partial charge < -0.3 is 14.4 Å². The van der Waals surface area contributed by atoms with Crippen LogP contribution in [0.15, 0.2) is 30.3 Å². The Hall–Kier alpha value is -2.30. The highest BCUT2D eigenvalue weighted by molar-refractivity contribution is 5.84. The van der Waals surface area contributed by atoms with Crippen LogP contribution in [0.5, 0.6) is 0 Å². The van der Waals surface area contributed by atoms with E-state index in [2.05, 4.69) is 0 Å². The Bertz CT molecular complexity index is 615. The number of hydrogen-bond donors (Lipinski definition) is 1. The number of para-hydroxylation sites is 1. The van der Waals surface area contributed by atoms with Gasteiger partial charge in [-0.15, -0.1) is 0 Å². The smallest absolute Gasteiger partial charge is 0.325 e. The van der Waals surface area contributed by atoms with E-state index in [1.807, 2.05) is 24.3 Å². The normalized spacial score (nSPS) is 10.6. The highest BCUT2D eigenvalue weighted by Gasteiger charge is 2.14. The molecule has 0 unspecified atom stereocenters. The monoisotopic (exact) mass is 261 g/mol. The molecule has 0 aliphatic heterocycles. The molecule has 1 heterocycles. The van der Waals surface area contributed by atoms with Crippen LogP contribution in [0.25, 0.3) is 10.9 Å². The number of ether oxygens (including phenoxy) is 1. The van der Waals surface area contributed by atoms with Crippen LogP contribution in [-0.4, -0.2) is 28.2 Å². The van der Waals surface area contributed by atoms with Crippen LogP contribution in [0.2, 0.25) is 0 Å². The molecule has 1 N–H and O–H groups in total. The van der Waals surface area contributed by atoms with Gasteiger partial charge in [-0.05, 0) is 24.4 Å². The SMILES string of the molecule is CCOC(=O)Cn1c(CC(=O)O)cc2ccccc21. The van der Waals surface area contributed by atoms with Crippen molar-refractivity contribution in [3.8, 4) is 0 Å². The van der Waals surface area contributed by atoms with Gasteiger partial charge in [-0.2, -0.15) is 0 Å². The van der Waals surface area contributed by atoms with Gasteiger partial charge in [0.2, 0.25) is 0 Å². The fraction of sp³-hybridized carbons (Fsp3) is 0.286. The van der Waals surface area contributed by atoms with Gasteiger partial charge in [0.25, 0.3) is 0 Å². The molecular formula is C14H15NO4. The van der Waals surface area contributed by atoms with E-state index >= 15 is 0 Å². The minimum Gasteiger partial charge on any atom is -0.481 e. The van der Waals surface area contributed by atoms with Crippen LogP contribution in [0.3, 0.4) is 0 Å². The van der Waals surface area contributed by atoms with Gasteiger partial charge in [0, 0.05) is 11.2 Å². The molecule has 0 aliphatic rings. The van der Waals surface area contributed by atoms with Crippen molar-refractivity contribution in [1.29, 1.82) is 0 Å². The molecule has 5 heteroatoms. The minimum atomic E-state index is -0.923. The van der Waals surface area contributed by atoms with Gasteiger partial charge in [0.15, 0.2) is 0 Å². The average molecular weight is 261 g/mol. The molecule has 0 aliphatic carbocycles. The molecule has 0 bridgehead atoms. The number of benzene rings is 1. The fourth-order valence-corrected chi connectivity index (χ4v) is 2.09. The van der Waals surface area contributed by atoms with Crippen molar-refractivity contribution < 1.29 is 19.4 Å². The first-order valence-corrected chi connectivity index (χ1v) is 6.06. The third-order valence-corrected chi connectivity index (χ3v) is 2.82. The molecule has 1 aromatic heterocycles. The molecular weight excluding hydrogens is 246 g/mol. The first kappa shape index (κ1) is 13.1. The Morgan fingerprint density at radius 3 is 2.74 bits per heavy atom. The number of esters is 1. The number of nitrogens with zero attached hydrogens (tertiary/aromatic N) is 1. The van der Waals surface area contributed by atoms with E-state index < -0.39 is 5.97 Å². The lowest BCUT2D eigenvalue weighted by Crippen LogP contribution is -2.16. The summed E-state index contributed by atoms with van der Waals surface area (Å²) >= 11 is 0. The Morgan fingerprint density at radius 2 is 2.05 bits per heavy atom. The highest BCUT2D eigenvalue weighted by atomic mass is 16.5. The van der Waals surface area contributed by atoms with Crippen molar-refractivity contribution in [2.75, 3.05) is 6.61 Å². The number of carboxylic acids is 1. The summed E-state index contributed by atoms with van der Waals surface area (Å²) in [5, 5.41) is 9.84. The standard InChI is InChI=1S/C14H15NO4/c1-2-19-14(18)9-15-11(8-13(16)17)7-10-5-3-4-6-12(10)15/h3-7H,2,8-9H2,1H3,(H,16,17). The topological polar surface area (TPSA) is 68.5 Å². The molecule has 2 rings (SSSR count). The maximum atomic E-state index is 11.6. The summed E-state index contributed by atoms with van der Waals surface area (Å²) < 4.78 is 6.61. The summed E-state index contributed by atoms with van der Waals surface area (Å²) in [5.74, 6) is -1.29. The summed E-state index contributed by atoms with van der Waals surface area (Å²) in [4.78, 5) is 22.5. The lowest BCUT2D eigenvalue weighted by atomic mass is 10.2. The Balaban J connectivity index is 2.42. The molecule has 1 aromatic carbocycles. The lowest BCUT2D eigenvalue weighted by Gasteiger charge is -2.08. The van der Waals surface area contributed by atoms with E-state index in [4.69, 9.17) is 9.84 Å². The third kappa shape index (κ3) is 2.93. The van der Waals surface area contributed by atoms with Crippen molar-refractivity contribution in [3.05, 3.63) is 36.0 Å². The zero-order chi connectivity index (χ0) is 13.8. The van der Waals surface area contributed by atoms with Gasteiger partial charge in [0.05, 0.1) is 13.0 Å². The van der Waals surface area contributed by atoms with Gasteiger partial charge in [-0.3, -0.25) is 9.59 Å². The van der Waals surface area contributed by atoms with Crippen LogP contribution >= 0.6 is 0 Å². The van der Waals surface area contributed by atoms with Crippen LogP contribution in [-0.2, 0) is 27.3 Å². The molecule has 0 spiro atoms. The molecule has 0 atom stereocenters. The van der Waals surface area contributed by atoms with Crippen molar-refractivity contribution >= 4 is 22.8 Å². The second kappa shape index (κ2) is 5.56. The summed E-state index contributed by atoms with van der Waals surface area (Å²) in [7, 11) is 0. The zero-order valence-corrected chi connectivity index (χ0v) is 10.6. The first-order valence-electron chi connectivity index (χ1n) is 6.06. The number of fused-ring (bicyclic) bond motifs is 1. The molecule has 0 saturated heterocycles. The van der Waals surface area contributed by atoms with Crippen LogP contribution in [0.1, 0.15) is 12.6 Å². The predicted octanol–water partition coefficient (Wildman–Crippen LogP) is 1.83. The summed E-state index contributed by atoms with van der Waals surface area (Å²) in [6.45, 7) is 2.08.